The molecule has 6 nitrogen and oxygen atoms in total. The van der Waals surface area contributed by atoms with Crippen LogP contribution in [-0.2, 0) is 4.79 Å². The van der Waals surface area contributed by atoms with Gasteiger partial charge in [0, 0.05) is 18.1 Å². The Morgan fingerprint density at radius 2 is 1.89 bits per heavy atom. The van der Waals surface area contributed by atoms with E-state index in [9.17, 15) is 4.79 Å². The number of amides is 1. The largest absolute Gasteiger partial charge is 0.338 e. The van der Waals surface area contributed by atoms with Crippen LogP contribution in [0.5, 0.6) is 0 Å². The monoisotopic (exact) mass is 411 g/mol. The quantitative estimate of drug-likeness (QED) is 0.598. The highest BCUT2D eigenvalue weighted by molar-refractivity contribution is 7.99. The number of carbonyl (C=O) groups excluding carboxylic acids is 1. The zero-order chi connectivity index (χ0) is 19.3. The van der Waals surface area contributed by atoms with Crippen molar-refractivity contribution in [1.29, 1.82) is 0 Å². The molecule has 0 unspecified atom stereocenters. The number of tetrazole rings is 1. The summed E-state index contributed by atoms with van der Waals surface area (Å²) in [5.74, 6) is 0.377. The number of thioether (sulfide) groups is 1. The highest BCUT2D eigenvalue weighted by Crippen LogP contribution is 2.24. The third-order valence-electron chi connectivity index (χ3n) is 4.54. The van der Waals surface area contributed by atoms with Crippen LogP contribution in [-0.4, -0.2) is 49.9 Å². The predicted molar refractivity (Wildman–Crippen MR) is 111 cm³/mol. The minimum Gasteiger partial charge on any atom is -0.338 e. The van der Waals surface area contributed by atoms with Gasteiger partial charge in [-0.2, -0.15) is 4.68 Å². The average Bonchev–Trinajstić information content (AvgIpc) is 3.22. The van der Waals surface area contributed by atoms with Gasteiger partial charge in [0.1, 0.15) is 0 Å². The van der Waals surface area contributed by atoms with E-state index in [0.717, 1.165) is 18.7 Å². The molecule has 0 bridgehead atoms. The topological polar surface area (TPSA) is 63.9 Å². The second-order valence-electron chi connectivity index (χ2n) is 6.32. The Kier molecular flexibility index (Phi) is 5.73. The summed E-state index contributed by atoms with van der Waals surface area (Å²) < 4.78 is 1.61. The maximum absolute atomic E-state index is 12.6. The Morgan fingerprint density at radius 3 is 2.61 bits per heavy atom. The Labute approximate surface area is 172 Å². The molecule has 142 valence electrons. The third kappa shape index (κ3) is 4.26. The van der Waals surface area contributed by atoms with Gasteiger partial charge in [-0.15, -0.1) is 5.10 Å². The minimum absolute atomic E-state index is 0.0824. The van der Waals surface area contributed by atoms with Crippen LogP contribution < -0.4 is 0 Å². The number of nitrogens with zero attached hydrogens (tertiary/aromatic N) is 5. The summed E-state index contributed by atoms with van der Waals surface area (Å²) in [7, 11) is 0. The van der Waals surface area contributed by atoms with Crippen LogP contribution in [0.3, 0.4) is 0 Å². The minimum atomic E-state index is 0.0824. The number of benzene rings is 2. The van der Waals surface area contributed by atoms with Gasteiger partial charge < -0.3 is 4.90 Å². The van der Waals surface area contributed by atoms with Crippen LogP contribution in [0.2, 0.25) is 5.02 Å². The Bertz CT molecular complexity index is 987. The summed E-state index contributed by atoms with van der Waals surface area (Å²) in [4.78, 5) is 14.5. The van der Waals surface area contributed by atoms with E-state index >= 15 is 0 Å². The van der Waals surface area contributed by atoms with Crippen LogP contribution in [0.4, 0.5) is 0 Å². The van der Waals surface area contributed by atoms with Gasteiger partial charge in [0.05, 0.1) is 11.4 Å². The van der Waals surface area contributed by atoms with E-state index in [1.165, 1.54) is 22.9 Å². The Hall–Kier alpha value is -2.64. The summed E-state index contributed by atoms with van der Waals surface area (Å²) in [6.07, 6.45) is 3.00. The summed E-state index contributed by atoms with van der Waals surface area (Å²) in [6, 6.07) is 17.5. The molecule has 1 amide bonds. The molecular weight excluding hydrogens is 394 g/mol. The average molecular weight is 412 g/mol. The van der Waals surface area contributed by atoms with Crippen LogP contribution in [0.1, 0.15) is 12.0 Å². The smallest absolute Gasteiger partial charge is 0.233 e. The number of hydrogen-bond donors (Lipinski definition) is 0. The van der Waals surface area contributed by atoms with E-state index < -0.39 is 0 Å². The van der Waals surface area contributed by atoms with Crippen molar-refractivity contribution in [2.75, 3.05) is 18.8 Å². The molecule has 0 saturated carbocycles. The molecule has 0 aliphatic carbocycles. The number of halogens is 1. The van der Waals surface area contributed by atoms with Crippen molar-refractivity contribution in [3.63, 3.8) is 0 Å². The number of hydrogen-bond acceptors (Lipinski definition) is 5. The maximum Gasteiger partial charge on any atom is 0.233 e. The van der Waals surface area contributed by atoms with Crippen LogP contribution in [0, 0.1) is 0 Å². The standard InChI is InChI=1S/C20H18ClN5OS/c21-17-6-8-18(9-7-17)26-20(22-23-24-26)28-14-19(27)25-12-10-16(11-13-25)15-4-2-1-3-5-15/h1-10H,11-14H2. The number of carbonyl (C=O) groups is 1. The van der Waals surface area contributed by atoms with Crippen molar-refractivity contribution in [3.05, 3.63) is 71.3 Å². The molecule has 0 radical (unpaired) electrons. The molecule has 4 rings (SSSR count). The lowest BCUT2D eigenvalue weighted by atomic mass is 10.00. The van der Waals surface area contributed by atoms with Crippen LogP contribution in [0.15, 0.2) is 65.8 Å². The molecular formula is C20H18ClN5OS. The summed E-state index contributed by atoms with van der Waals surface area (Å²) >= 11 is 7.26. The predicted octanol–water partition coefficient (Wildman–Crippen LogP) is 3.72. The lowest BCUT2D eigenvalue weighted by Gasteiger charge is -2.26. The molecule has 0 N–H and O–H groups in total. The fourth-order valence-electron chi connectivity index (χ4n) is 3.04. The van der Waals surface area contributed by atoms with Gasteiger partial charge in [0.25, 0.3) is 0 Å². The molecule has 2 heterocycles. The molecule has 2 aromatic carbocycles. The second kappa shape index (κ2) is 8.58. The third-order valence-corrected chi connectivity index (χ3v) is 5.70. The normalized spacial score (nSPS) is 14.0. The zero-order valence-electron chi connectivity index (χ0n) is 15.0. The molecule has 0 fully saturated rings. The van der Waals surface area contributed by atoms with Crippen molar-refractivity contribution < 1.29 is 4.79 Å². The summed E-state index contributed by atoms with van der Waals surface area (Å²) in [6.45, 7) is 1.36. The molecule has 3 aromatic rings. The highest BCUT2D eigenvalue weighted by Gasteiger charge is 2.19. The maximum atomic E-state index is 12.6. The second-order valence-corrected chi connectivity index (χ2v) is 7.70. The number of rotatable bonds is 5. The van der Waals surface area contributed by atoms with E-state index in [1.807, 2.05) is 35.2 Å². The van der Waals surface area contributed by atoms with E-state index in [0.29, 0.717) is 22.5 Å². The first kappa shape index (κ1) is 18.7. The van der Waals surface area contributed by atoms with Crippen molar-refractivity contribution in [2.24, 2.45) is 0 Å². The molecule has 0 atom stereocenters. The van der Waals surface area contributed by atoms with Crippen LogP contribution >= 0.6 is 23.4 Å². The highest BCUT2D eigenvalue weighted by atomic mass is 35.5. The zero-order valence-corrected chi connectivity index (χ0v) is 16.6. The summed E-state index contributed by atoms with van der Waals surface area (Å²) in [5.41, 5.74) is 3.33. The van der Waals surface area contributed by atoms with Crippen molar-refractivity contribution in [1.82, 2.24) is 25.1 Å². The first-order chi connectivity index (χ1) is 13.7. The van der Waals surface area contributed by atoms with Gasteiger partial charge in [-0.05, 0) is 52.2 Å². The molecule has 1 aliphatic heterocycles. The molecule has 0 spiro atoms. The molecule has 1 aliphatic rings. The van der Waals surface area contributed by atoms with Crippen molar-refractivity contribution >= 4 is 34.8 Å². The van der Waals surface area contributed by atoms with Crippen molar-refractivity contribution in [2.45, 2.75) is 11.6 Å². The molecule has 1 aromatic heterocycles. The lowest BCUT2D eigenvalue weighted by Crippen LogP contribution is -2.35. The van der Waals surface area contributed by atoms with Gasteiger partial charge in [0.2, 0.25) is 11.1 Å². The Balaban J connectivity index is 1.36. The molecule has 28 heavy (non-hydrogen) atoms. The van der Waals surface area contributed by atoms with E-state index in [2.05, 4.69) is 33.7 Å². The van der Waals surface area contributed by atoms with Crippen molar-refractivity contribution in [3.8, 4) is 5.69 Å². The van der Waals surface area contributed by atoms with E-state index in [-0.39, 0.29) is 5.91 Å². The SMILES string of the molecule is O=C(CSc1nnnn1-c1ccc(Cl)cc1)N1CC=C(c2ccccc2)CC1. The van der Waals surface area contributed by atoms with Gasteiger partial charge in [0.15, 0.2) is 0 Å². The first-order valence-electron chi connectivity index (χ1n) is 8.90. The first-order valence-corrected chi connectivity index (χ1v) is 10.3. The summed E-state index contributed by atoms with van der Waals surface area (Å²) in [5, 5.41) is 13.0. The number of aromatic nitrogens is 4. The Morgan fingerprint density at radius 1 is 1.11 bits per heavy atom. The lowest BCUT2D eigenvalue weighted by molar-refractivity contribution is -0.127. The van der Waals surface area contributed by atoms with Crippen LogP contribution in [0.25, 0.3) is 11.3 Å². The van der Waals surface area contributed by atoms with Gasteiger partial charge in [-0.25, -0.2) is 0 Å². The van der Waals surface area contributed by atoms with E-state index in [1.54, 1.807) is 16.8 Å². The van der Waals surface area contributed by atoms with E-state index in [4.69, 9.17) is 11.6 Å². The van der Waals surface area contributed by atoms with Gasteiger partial charge >= 0.3 is 0 Å². The van der Waals surface area contributed by atoms with Gasteiger partial charge in [-0.1, -0.05) is 59.8 Å². The fraction of sp³-hybridized carbons (Fsp3) is 0.200. The molecule has 8 heteroatoms. The van der Waals surface area contributed by atoms with Gasteiger partial charge in [-0.3, -0.25) is 4.79 Å². The fourth-order valence-corrected chi connectivity index (χ4v) is 3.96. The molecule has 0 saturated heterocycles.